The van der Waals surface area contributed by atoms with E-state index >= 15 is 0 Å². The Bertz CT molecular complexity index is 5960. The summed E-state index contributed by atoms with van der Waals surface area (Å²) in [5.41, 5.74) is 18.9. The average molecular weight is 1260 g/mol. The molecule has 0 aliphatic heterocycles. The largest absolute Gasteiger partial charge is 0.309 e. The predicted octanol–water partition coefficient (Wildman–Crippen LogP) is 20.7. The molecule has 0 N–H and O–H groups in total. The molecular formula is C88H47N11. The monoisotopic (exact) mass is 1260 g/mol. The van der Waals surface area contributed by atoms with E-state index in [0.717, 1.165) is 116 Å². The molecule has 13 aromatic carbocycles. The van der Waals surface area contributed by atoms with E-state index in [0.29, 0.717) is 44.5 Å². The Labute approximate surface area is 567 Å². The van der Waals surface area contributed by atoms with Crippen LogP contribution in [-0.4, -0.2) is 23.7 Å². The zero-order valence-electron chi connectivity index (χ0n) is 52.6. The van der Waals surface area contributed by atoms with Gasteiger partial charge in [0.15, 0.2) is 5.82 Å². The molecule has 4 heterocycles. The smallest absolute Gasteiger partial charge is 0.160 e. The van der Waals surface area contributed by atoms with Gasteiger partial charge >= 0.3 is 0 Å². The van der Waals surface area contributed by atoms with Crippen LogP contribution in [0.25, 0.3) is 161 Å². The predicted molar refractivity (Wildman–Crippen MR) is 391 cm³/mol. The van der Waals surface area contributed by atoms with Crippen molar-refractivity contribution >= 4 is 65.4 Å². The maximum Gasteiger partial charge on any atom is 0.160 e. The molecule has 4 aromatic heterocycles. The van der Waals surface area contributed by atoms with Crippen molar-refractivity contribution in [1.82, 2.24) is 23.7 Å². The van der Waals surface area contributed by atoms with E-state index in [4.69, 9.17) is 9.97 Å². The molecule has 0 fully saturated rings. The Morgan fingerprint density at radius 2 is 0.576 bits per heavy atom. The van der Waals surface area contributed by atoms with Gasteiger partial charge in [0.1, 0.15) is 0 Å². The Balaban J connectivity index is 1.00. The summed E-state index contributed by atoms with van der Waals surface area (Å²) >= 11 is 0. The first kappa shape index (κ1) is 58.1. The van der Waals surface area contributed by atoms with Gasteiger partial charge in [0.05, 0.1) is 120 Å². The Kier molecular flexibility index (Phi) is 13.9. The van der Waals surface area contributed by atoms with Crippen molar-refractivity contribution in [1.29, 1.82) is 31.6 Å². The van der Waals surface area contributed by atoms with Gasteiger partial charge in [-0.25, -0.2) is 9.97 Å². The molecule has 0 atom stereocenters. The number of nitriles is 6. The highest BCUT2D eigenvalue weighted by Gasteiger charge is 2.27. The number of rotatable bonds is 10. The summed E-state index contributed by atoms with van der Waals surface area (Å²) in [6, 6.07) is 109. The molecule has 0 aliphatic carbocycles. The molecule has 0 spiro atoms. The average Bonchev–Trinajstić information content (AvgIpc) is 1.61. The lowest BCUT2D eigenvalue weighted by atomic mass is 9.91. The number of nitrogens with zero attached hydrogens (tertiary/aromatic N) is 11. The minimum Gasteiger partial charge on any atom is -0.309 e. The first-order valence-corrected chi connectivity index (χ1v) is 32.0. The molecule has 0 bridgehead atoms. The van der Waals surface area contributed by atoms with Crippen molar-refractivity contribution in [3.63, 3.8) is 0 Å². The van der Waals surface area contributed by atoms with Crippen LogP contribution in [0.5, 0.6) is 0 Å². The van der Waals surface area contributed by atoms with Gasteiger partial charge in [-0.15, -0.1) is 0 Å². The molecule has 11 nitrogen and oxygen atoms in total. The van der Waals surface area contributed by atoms with Crippen LogP contribution >= 0.6 is 0 Å². The second-order valence-electron chi connectivity index (χ2n) is 24.3. The minimum absolute atomic E-state index is 0.161. The maximum absolute atomic E-state index is 10.8. The van der Waals surface area contributed by atoms with Crippen LogP contribution in [-0.2, 0) is 0 Å². The van der Waals surface area contributed by atoms with E-state index < -0.39 is 0 Å². The van der Waals surface area contributed by atoms with Crippen molar-refractivity contribution in [2.24, 2.45) is 0 Å². The molecule has 0 saturated carbocycles. The third kappa shape index (κ3) is 9.61. The third-order valence-corrected chi connectivity index (χ3v) is 18.8. The van der Waals surface area contributed by atoms with E-state index in [2.05, 4.69) is 226 Å². The summed E-state index contributed by atoms with van der Waals surface area (Å²) in [5, 5.41) is 69.2. The molecule has 0 amide bonds. The molecule has 0 unspecified atom stereocenters. The highest BCUT2D eigenvalue weighted by molar-refractivity contribution is 6.14. The van der Waals surface area contributed by atoms with Gasteiger partial charge in [0, 0.05) is 82.6 Å². The van der Waals surface area contributed by atoms with E-state index in [1.165, 1.54) is 24.3 Å². The van der Waals surface area contributed by atoms with E-state index in [9.17, 15) is 31.6 Å². The number of fused-ring (bicyclic) bond motifs is 9. The maximum atomic E-state index is 10.8. The van der Waals surface area contributed by atoms with E-state index in [1.54, 1.807) is 0 Å². The first-order chi connectivity index (χ1) is 48.8. The summed E-state index contributed by atoms with van der Waals surface area (Å²) < 4.78 is 6.88. The molecule has 0 radical (unpaired) electrons. The van der Waals surface area contributed by atoms with Gasteiger partial charge in [-0.2, -0.15) is 31.6 Å². The van der Waals surface area contributed by atoms with Crippen molar-refractivity contribution in [3.8, 4) is 132 Å². The van der Waals surface area contributed by atoms with Crippen molar-refractivity contribution < 1.29 is 0 Å². The fraction of sp³-hybridized carbons (Fsp3) is 0. The molecule has 11 heteroatoms. The Morgan fingerprint density at radius 3 is 0.949 bits per heavy atom. The molecule has 454 valence electrons. The Hall–Kier alpha value is -14.7. The number of para-hydroxylation sites is 4. The number of benzene rings is 13. The molecular weight excluding hydrogens is 1210 g/mol. The van der Waals surface area contributed by atoms with Gasteiger partial charge < -0.3 is 13.7 Å². The second kappa shape index (κ2) is 23.7. The molecule has 17 rings (SSSR count). The van der Waals surface area contributed by atoms with Crippen LogP contribution < -0.4 is 0 Å². The van der Waals surface area contributed by atoms with Crippen molar-refractivity contribution in [3.05, 3.63) is 318 Å². The van der Waals surface area contributed by atoms with Gasteiger partial charge in [-0.05, 0) is 138 Å². The molecule has 99 heavy (non-hydrogen) atoms. The van der Waals surface area contributed by atoms with E-state index in [1.807, 2.05) is 84.9 Å². The minimum atomic E-state index is 0.161. The van der Waals surface area contributed by atoms with Gasteiger partial charge in [0.25, 0.3) is 0 Å². The lowest BCUT2D eigenvalue weighted by molar-refractivity contribution is 1.16. The summed E-state index contributed by atoms with van der Waals surface area (Å²) in [7, 11) is 0. The van der Waals surface area contributed by atoms with Gasteiger partial charge in [0.2, 0.25) is 0 Å². The van der Waals surface area contributed by atoms with Gasteiger partial charge in [-0.1, -0.05) is 170 Å². The van der Waals surface area contributed by atoms with Crippen molar-refractivity contribution in [2.45, 2.75) is 0 Å². The molecule has 0 saturated heterocycles. The third-order valence-electron chi connectivity index (χ3n) is 18.8. The fourth-order valence-corrected chi connectivity index (χ4v) is 14.5. The fourth-order valence-electron chi connectivity index (χ4n) is 14.5. The number of hydrogen-bond acceptors (Lipinski definition) is 8. The van der Waals surface area contributed by atoms with Crippen LogP contribution in [0.3, 0.4) is 0 Å². The summed E-state index contributed by atoms with van der Waals surface area (Å²) in [6.07, 6.45) is 0. The zero-order valence-corrected chi connectivity index (χ0v) is 52.6. The molecule has 0 aliphatic rings. The quantitative estimate of drug-likeness (QED) is 0.130. The highest BCUT2D eigenvalue weighted by atomic mass is 15.0. The summed E-state index contributed by atoms with van der Waals surface area (Å²) in [4.78, 5) is 10.7. The first-order valence-electron chi connectivity index (χ1n) is 32.0. The Morgan fingerprint density at radius 1 is 0.242 bits per heavy atom. The zero-order chi connectivity index (χ0) is 66.8. The highest BCUT2D eigenvalue weighted by Crippen LogP contribution is 2.48. The van der Waals surface area contributed by atoms with Crippen LogP contribution in [0.2, 0.25) is 0 Å². The molecule has 17 aromatic rings. The van der Waals surface area contributed by atoms with Crippen LogP contribution in [0, 0.1) is 68.0 Å². The van der Waals surface area contributed by atoms with Crippen molar-refractivity contribution in [2.75, 3.05) is 0 Å². The SMILES string of the molecule is N#Cc1cc(C#N)c(-c2ccc3c(c2)c2cc(-c4c(C#N)cc(C#N)cc4C#N)ccc2n3-c2c(-c3ccc(-n4c5ccccc5c5ccccc54)cc3)cc(-c3cc(-c4ccccc4)nc(-c4ccccc4)n3)cc2-c2ccc(-n3c4ccccc4c4ccccc43)cc2)c(C#N)c1. The topological polar surface area (TPSA) is 183 Å². The summed E-state index contributed by atoms with van der Waals surface area (Å²) in [5.74, 6) is 0.557. The van der Waals surface area contributed by atoms with Crippen LogP contribution in [0.1, 0.15) is 33.4 Å². The number of hydrogen-bond donors (Lipinski definition) is 0. The standard InChI is InChI=1S/C88H47N11/c89-48-54-39-63(50-91)85(64(40-54)51-92)60-31-37-83-75(43-60)76-44-61(86-65(52-93)41-55(49-90)42-66(86)53-94)32-38-84(76)99(83)87-73(56-27-33-67(34-28-56)97-79-23-11-7-19-69(79)70-20-8-12-24-80(70)97)45-62(78-47-77(58-15-3-1-4-16-58)95-88(96-78)59-17-5-2-6-18-59)46-74(87)57-29-35-68(36-30-57)98-81-25-13-9-21-71(81)72-22-10-14-26-82(72)98/h1-47H. The van der Waals surface area contributed by atoms with Crippen LogP contribution in [0.15, 0.2) is 285 Å². The van der Waals surface area contributed by atoms with Crippen LogP contribution in [0.4, 0.5) is 0 Å². The normalized spacial score (nSPS) is 11.2. The van der Waals surface area contributed by atoms with Gasteiger partial charge in [-0.3, -0.25) is 0 Å². The lowest BCUT2D eigenvalue weighted by Gasteiger charge is -2.22. The number of aromatic nitrogens is 5. The summed E-state index contributed by atoms with van der Waals surface area (Å²) in [6.45, 7) is 0. The second-order valence-corrected chi connectivity index (χ2v) is 24.3. The van der Waals surface area contributed by atoms with E-state index in [-0.39, 0.29) is 33.4 Å². The lowest BCUT2D eigenvalue weighted by Crippen LogP contribution is -2.03.